The number of benzene rings is 1. The van der Waals surface area contributed by atoms with Crippen molar-refractivity contribution >= 4 is 12.0 Å². The molecule has 0 amide bonds. The molecule has 0 saturated carbocycles. The summed E-state index contributed by atoms with van der Waals surface area (Å²) in [7, 11) is 1.31. The molecule has 0 saturated heterocycles. The Kier molecular flexibility index (Phi) is 3.40. The minimum absolute atomic E-state index is 0.250. The maximum atomic E-state index is 12.8. The molecule has 1 aromatic rings. The first kappa shape index (κ1) is 10.4. The van der Waals surface area contributed by atoms with Crippen LogP contribution in [0.4, 0.5) is 4.39 Å². The lowest BCUT2D eigenvalue weighted by Crippen LogP contribution is -1.93. The summed E-state index contributed by atoms with van der Waals surface area (Å²) >= 11 is 0. The number of methoxy groups -OCH3 is 1. The summed E-state index contributed by atoms with van der Waals surface area (Å²) in [5.74, 6) is -0.674. The van der Waals surface area contributed by atoms with Crippen LogP contribution in [0.2, 0.25) is 0 Å². The first-order valence-corrected chi connectivity index (χ1v) is 4.15. The van der Waals surface area contributed by atoms with Crippen molar-refractivity contribution in [1.82, 2.24) is 0 Å². The largest absolute Gasteiger partial charge is 0.466 e. The maximum Gasteiger partial charge on any atom is 0.330 e. The van der Waals surface area contributed by atoms with Crippen LogP contribution in [0.25, 0.3) is 6.08 Å². The Hall–Kier alpha value is -1.64. The van der Waals surface area contributed by atoms with Crippen LogP contribution in [0.5, 0.6) is 0 Å². The van der Waals surface area contributed by atoms with Crippen molar-refractivity contribution < 1.29 is 13.9 Å². The lowest BCUT2D eigenvalue weighted by molar-refractivity contribution is -0.134. The van der Waals surface area contributed by atoms with E-state index in [2.05, 4.69) is 4.74 Å². The van der Waals surface area contributed by atoms with E-state index in [4.69, 9.17) is 0 Å². The Balaban J connectivity index is 2.83. The van der Waals surface area contributed by atoms with Gasteiger partial charge in [-0.2, -0.15) is 0 Å². The maximum absolute atomic E-state index is 12.8. The molecule has 1 rings (SSSR count). The minimum Gasteiger partial charge on any atom is -0.466 e. The van der Waals surface area contributed by atoms with Gasteiger partial charge in [0, 0.05) is 6.08 Å². The second-order valence-electron chi connectivity index (χ2n) is 2.87. The Morgan fingerprint density at radius 1 is 1.50 bits per heavy atom. The summed E-state index contributed by atoms with van der Waals surface area (Å²) in [6.07, 6.45) is 2.88. The third kappa shape index (κ3) is 2.69. The molecule has 0 radical (unpaired) electrons. The van der Waals surface area contributed by atoms with Gasteiger partial charge in [0.15, 0.2) is 0 Å². The van der Waals surface area contributed by atoms with Crippen LogP contribution in [0.1, 0.15) is 11.1 Å². The zero-order valence-corrected chi connectivity index (χ0v) is 8.08. The molecular formula is C11H11FO2. The third-order valence-corrected chi connectivity index (χ3v) is 1.80. The standard InChI is InChI=1S/C11H11FO2/c1-8-7-9(3-5-10(8)12)4-6-11(13)14-2/h3-7H,1-2H3. The highest BCUT2D eigenvalue weighted by Crippen LogP contribution is 2.10. The van der Waals surface area contributed by atoms with Gasteiger partial charge in [-0.05, 0) is 36.3 Å². The first-order valence-electron chi connectivity index (χ1n) is 4.15. The number of carbonyl (C=O) groups is 1. The van der Waals surface area contributed by atoms with E-state index in [1.807, 2.05) is 0 Å². The Bertz CT molecular complexity index is 370. The van der Waals surface area contributed by atoms with Crippen LogP contribution in [-0.2, 0) is 9.53 Å². The fraction of sp³-hybridized carbons (Fsp3) is 0.182. The molecule has 2 nitrogen and oxygen atoms in total. The summed E-state index contributed by atoms with van der Waals surface area (Å²) in [5, 5.41) is 0. The summed E-state index contributed by atoms with van der Waals surface area (Å²) in [5.41, 5.74) is 1.33. The van der Waals surface area contributed by atoms with Crippen molar-refractivity contribution in [2.45, 2.75) is 6.92 Å². The van der Waals surface area contributed by atoms with Crippen molar-refractivity contribution in [2.24, 2.45) is 0 Å². The van der Waals surface area contributed by atoms with E-state index in [9.17, 15) is 9.18 Å². The van der Waals surface area contributed by atoms with Gasteiger partial charge in [-0.25, -0.2) is 9.18 Å². The molecule has 0 heterocycles. The lowest BCUT2D eigenvalue weighted by Gasteiger charge is -1.97. The van der Waals surface area contributed by atoms with Gasteiger partial charge < -0.3 is 4.74 Å². The van der Waals surface area contributed by atoms with Crippen molar-refractivity contribution in [1.29, 1.82) is 0 Å². The Labute approximate surface area is 82.0 Å². The normalized spacial score (nSPS) is 10.5. The molecule has 3 heteroatoms. The van der Waals surface area contributed by atoms with Crippen molar-refractivity contribution in [3.63, 3.8) is 0 Å². The lowest BCUT2D eigenvalue weighted by atomic mass is 10.1. The molecule has 0 unspecified atom stereocenters. The molecule has 0 aliphatic carbocycles. The zero-order chi connectivity index (χ0) is 10.6. The summed E-state index contributed by atoms with van der Waals surface area (Å²) in [6, 6.07) is 4.63. The van der Waals surface area contributed by atoms with Crippen molar-refractivity contribution in [3.8, 4) is 0 Å². The Morgan fingerprint density at radius 2 is 2.21 bits per heavy atom. The molecule has 0 bridgehead atoms. The number of halogens is 1. The topological polar surface area (TPSA) is 26.3 Å². The monoisotopic (exact) mass is 194 g/mol. The number of ether oxygens (including phenoxy) is 1. The zero-order valence-electron chi connectivity index (χ0n) is 8.08. The highest BCUT2D eigenvalue weighted by molar-refractivity contribution is 5.86. The van der Waals surface area contributed by atoms with Gasteiger partial charge in [0.1, 0.15) is 5.82 Å². The van der Waals surface area contributed by atoms with Gasteiger partial charge in [-0.1, -0.05) is 6.07 Å². The van der Waals surface area contributed by atoms with Crippen molar-refractivity contribution in [3.05, 3.63) is 41.2 Å². The van der Waals surface area contributed by atoms with E-state index < -0.39 is 5.97 Å². The molecule has 0 aliphatic heterocycles. The number of aryl methyl sites for hydroxylation is 1. The summed E-state index contributed by atoms with van der Waals surface area (Å²) < 4.78 is 17.3. The quantitative estimate of drug-likeness (QED) is 0.533. The van der Waals surface area contributed by atoms with E-state index in [1.165, 1.54) is 19.3 Å². The third-order valence-electron chi connectivity index (χ3n) is 1.80. The van der Waals surface area contributed by atoms with Crippen molar-refractivity contribution in [2.75, 3.05) is 7.11 Å². The SMILES string of the molecule is COC(=O)C=Cc1ccc(F)c(C)c1. The molecule has 0 atom stereocenters. The van der Waals surface area contributed by atoms with Gasteiger partial charge in [0.2, 0.25) is 0 Å². The van der Waals surface area contributed by atoms with Gasteiger partial charge >= 0.3 is 5.97 Å². The van der Waals surface area contributed by atoms with E-state index in [0.717, 1.165) is 5.56 Å². The number of rotatable bonds is 2. The van der Waals surface area contributed by atoms with E-state index >= 15 is 0 Å². The van der Waals surface area contributed by atoms with Gasteiger partial charge in [0.05, 0.1) is 7.11 Å². The predicted octanol–water partition coefficient (Wildman–Crippen LogP) is 2.32. The van der Waals surface area contributed by atoms with E-state index in [1.54, 1.807) is 25.1 Å². The average Bonchev–Trinajstić information content (AvgIpc) is 2.19. The minimum atomic E-state index is -0.424. The first-order chi connectivity index (χ1) is 6.63. The highest BCUT2D eigenvalue weighted by atomic mass is 19.1. The molecule has 14 heavy (non-hydrogen) atoms. The fourth-order valence-electron chi connectivity index (χ4n) is 1.00. The van der Waals surface area contributed by atoms with E-state index in [0.29, 0.717) is 5.56 Å². The molecular weight excluding hydrogens is 183 g/mol. The molecule has 1 aromatic carbocycles. The molecule has 0 fully saturated rings. The van der Waals surface area contributed by atoms with Crippen LogP contribution in [-0.4, -0.2) is 13.1 Å². The van der Waals surface area contributed by atoms with Gasteiger partial charge in [-0.15, -0.1) is 0 Å². The number of hydrogen-bond donors (Lipinski definition) is 0. The van der Waals surface area contributed by atoms with Crippen LogP contribution in [0, 0.1) is 12.7 Å². The van der Waals surface area contributed by atoms with Crippen LogP contribution in [0.3, 0.4) is 0 Å². The van der Waals surface area contributed by atoms with Gasteiger partial charge in [-0.3, -0.25) is 0 Å². The second kappa shape index (κ2) is 4.56. The molecule has 74 valence electrons. The molecule has 0 aliphatic rings. The predicted molar refractivity (Wildman–Crippen MR) is 52.2 cm³/mol. The number of hydrogen-bond acceptors (Lipinski definition) is 2. The number of esters is 1. The number of carbonyl (C=O) groups excluding carboxylic acids is 1. The molecule has 0 N–H and O–H groups in total. The molecule has 0 aromatic heterocycles. The van der Waals surface area contributed by atoms with Crippen LogP contribution >= 0.6 is 0 Å². The van der Waals surface area contributed by atoms with Gasteiger partial charge in [0.25, 0.3) is 0 Å². The summed E-state index contributed by atoms with van der Waals surface area (Å²) in [6.45, 7) is 1.67. The smallest absolute Gasteiger partial charge is 0.330 e. The van der Waals surface area contributed by atoms with E-state index in [-0.39, 0.29) is 5.82 Å². The Morgan fingerprint density at radius 3 is 2.79 bits per heavy atom. The average molecular weight is 194 g/mol. The fourth-order valence-corrected chi connectivity index (χ4v) is 1.00. The summed E-state index contributed by atoms with van der Waals surface area (Å²) in [4.78, 5) is 10.8. The molecule has 0 spiro atoms. The highest BCUT2D eigenvalue weighted by Gasteiger charge is 1.97. The van der Waals surface area contributed by atoms with Crippen LogP contribution in [0.15, 0.2) is 24.3 Å². The van der Waals surface area contributed by atoms with Crippen LogP contribution < -0.4 is 0 Å². The second-order valence-corrected chi connectivity index (χ2v) is 2.87.